The third kappa shape index (κ3) is 2.78. The Balaban J connectivity index is 1.45. The van der Waals surface area contributed by atoms with Gasteiger partial charge in [-0.25, -0.2) is 4.79 Å². The minimum Gasteiger partial charge on any atom is -0.493 e. The molecule has 1 amide bonds. The van der Waals surface area contributed by atoms with Gasteiger partial charge in [-0.2, -0.15) is 0 Å². The number of carbonyl (C=O) groups is 3. The molecule has 10 heteroatoms. The van der Waals surface area contributed by atoms with Crippen LogP contribution in [0.25, 0.3) is 10.9 Å². The molecule has 1 saturated carbocycles. The molecule has 0 radical (unpaired) electrons. The number of allylic oxidation sites excluding steroid dienone is 2. The second-order valence-electron chi connectivity index (χ2n) is 9.71. The SMILES string of the molecule is COC(=O)c1c2c(n(C)c1C)C(=O)C=C1N(C(=O)c3cc4cc(OC)c(OC)c(OC)c4[nH]3)C[C@H]3C[C@]123. The number of piperidine rings is 1. The highest BCUT2D eigenvalue weighted by atomic mass is 16.5. The van der Waals surface area contributed by atoms with Crippen LogP contribution in [0.15, 0.2) is 23.9 Å². The number of aromatic nitrogens is 2. The smallest absolute Gasteiger partial charge is 0.340 e. The van der Waals surface area contributed by atoms with Crippen molar-refractivity contribution in [3.05, 3.63) is 52.1 Å². The number of amides is 1. The third-order valence-corrected chi connectivity index (χ3v) is 8.18. The highest BCUT2D eigenvalue weighted by molar-refractivity contribution is 6.12. The second kappa shape index (κ2) is 7.64. The number of aromatic amines is 1. The van der Waals surface area contributed by atoms with Gasteiger partial charge in [0.05, 0.1) is 45.2 Å². The van der Waals surface area contributed by atoms with E-state index in [1.807, 2.05) is 6.92 Å². The van der Waals surface area contributed by atoms with E-state index < -0.39 is 11.4 Å². The predicted octanol–water partition coefficient (Wildman–Crippen LogP) is 3.12. The molecule has 1 aliphatic heterocycles. The van der Waals surface area contributed by atoms with Crippen molar-refractivity contribution in [3.63, 3.8) is 0 Å². The van der Waals surface area contributed by atoms with Gasteiger partial charge >= 0.3 is 5.97 Å². The largest absolute Gasteiger partial charge is 0.493 e. The zero-order chi connectivity index (χ0) is 26.4. The van der Waals surface area contributed by atoms with Gasteiger partial charge in [0.2, 0.25) is 11.5 Å². The quantitative estimate of drug-likeness (QED) is 0.530. The molecule has 37 heavy (non-hydrogen) atoms. The van der Waals surface area contributed by atoms with Gasteiger partial charge in [0.1, 0.15) is 5.69 Å². The number of carbonyl (C=O) groups excluding carboxylic acids is 3. The molecule has 1 aromatic carbocycles. The first-order valence-corrected chi connectivity index (χ1v) is 11.9. The van der Waals surface area contributed by atoms with Gasteiger partial charge in [-0.05, 0) is 31.4 Å². The molecule has 3 aromatic rings. The van der Waals surface area contributed by atoms with Gasteiger partial charge in [-0.1, -0.05) is 0 Å². The fourth-order valence-corrected chi connectivity index (χ4v) is 6.33. The van der Waals surface area contributed by atoms with Crippen molar-refractivity contribution < 1.29 is 33.3 Å². The van der Waals surface area contributed by atoms with E-state index in [2.05, 4.69) is 4.98 Å². The number of nitrogens with zero attached hydrogens (tertiary/aromatic N) is 2. The van der Waals surface area contributed by atoms with Crippen LogP contribution in [0.1, 0.15) is 49.0 Å². The monoisotopic (exact) mass is 505 g/mol. The van der Waals surface area contributed by atoms with E-state index >= 15 is 0 Å². The van der Waals surface area contributed by atoms with Crippen LogP contribution in [-0.4, -0.2) is 67.1 Å². The van der Waals surface area contributed by atoms with E-state index in [4.69, 9.17) is 18.9 Å². The van der Waals surface area contributed by atoms with Crippen LogP contribution < -0.4 is 14.2 Å². The molecule has 2 aromatic heterocycles. The fraction of sp³-hybridized carbons (Fsp3) is 0.370. The average molecular weight is 506 g/mol. The highest BCUT2D eigenvalue weighted by Crippen LogP contribution is 2.68. The Labute approximate surface area is 212 Å². The molecule has 1 N–H and O–H groups in total. The number of hydrogen-bond acceptors (Lipinski definition) is 7. The molecule has 3 heterocycles. The van der Waals surface area contributed by atoms with Gasteiger partial charge in [-0.3, -0.25) is 9.59 Å². The Kier molecular flexibility index (Phi) is 4.79. The lowest BCUT2D eigenvalue weighted by molar-refractivity contribution is 0.0598. The van der Waals surface area contributed by atoms with Crippen molar-refractivity contribution >= 4 is 28.6 Å². The third-order valence-electron chi connectivity index (χ3n) is 8.18. The van der Waals surface area contributed by atoms with Crippen LogP contribution in [0.2, 0.25) is 0 Å². The summed E-state index contributed by atoms with van der Waals surface area (Å²) in [4.78, 5) is 44.8. The number of rotatable bonds is 5. The van der Waals surface area contributed by atoms with Gasteiger partial charge in [-0.15, -0.1) is 0 Å². The molecule has 2 atom stereocenters. The van der Waals surface area contributed by atoms with Crippen LogP contribution in [0.4, 0.5) is 0 Å². The minimum absolute atomic E-state index is 0.110. The predicted molar refractivity (Wildman–Crippen MR) is 133 cm³/mol. The van der Waals surface area contributed by atoms with E-state index in [0.717, 1.165) is 11.8 Å². The maximum atomic E-state index is 13.9. The van der Waals surface area contributed by atoms with Crippen molar-refractivity contribution in [2.75, 3.05) is 35.0 Å². The topological polar surface area (TPSA) is 112 Å². The molecule has 0 bridgehead atoms. The normalized spacial score (nSPS) is 21.2. The first-order chi connectivity index (χ1) is 17.7. The molecule has 10 nitrogen and oxygen atoms in total. The summed E-state index contributed by atoms with van der Waals surface area (Å²) in [5.41, 5.74) is 3.31. The summed E-state index contributed by atoms with van der Waals surface area (Å²) in [6, 6.07) is 3.51. The number of likely N-dealkylation sites (tertiary alicyclic amines) is 1. The van der Waals surface area contributed by atoms with Crippen LogP contribution in [-0.2, 0) is 17.2 Å². The minimum atomic E-state index is -0.551. The molecule has 2 aliphatic carbocycles. The zero-order valence-corrected chi connectivity index (χ0v) is 21.5. The van der Waals surface area contributed by atoms with Crippen molar-refractivity contribution in [3.8, 4) is 17.2 Å². The van der Waals surface area contributed by atoms with E-state index in [0.29, 0.717) is 63.2 Å². The highest BCUT2D eigenvalue weighted by Gasteiger charge is 2.69. The lowest BCUT2D eigenvalue weighted by Gasteiger charge is -2.28. The summed E-state index contributed by atoms with van der Waals surface area (Å²) in [6.07, 6.45) is 2.33. The molecule has 3 aliphatic rings. The maximum absolute atomic E-state index is 13.9. The molecular weight excluding hydrogens is 478 g/mol. The Morgan fingerprint density at radius 2 is 1.81 bits per heavy atom. The molecule has 192 valence electrons. The van der Waals surface area contributed by atoms with Gasteiger partial charge in [0.25, 0.3) is 5.91 Å². The molecule has 1 spiro atoms. The summed E-state index contributed by atoms with van der Waals surface area (Å²) < 4.78 is 23.3. The summed E-state index contributed by atoms with van der Waals surface area (Å²) in [5.74, 6) is 0.470. The Morgan fingerprint density at radius 3 is 2.46 bits per heavy atom. The average Bonchev–Trinajstić information content (AvgIpc) is 3.15. The van der Waals surface area contributed by atoms with E-state index in [9.17, 15) is 14.4 Å². The maximum Gasteiger partial charge on any atom is 0.340 e. The number of methoxy groups -OCH3 is 4. The van der Waals surface area contributed by atoms with E-state index in [1.54, 1.807) is 34.7 Å². The van der Waals surface area contributed by atoms with Crippen molar-refractivity contribution in [1.82, 2.24) is 14.5 Å². The molecule has 2 fully saturated rings. The summed E-state index contributed by atoms with van der Waals surface area (Å²) in [7, 11) is 7.69. The van der Waals surface area contributed by atoms with Gasteiger partial charge in [0, 0.05) is 47.4 Å². The standard InChI is InChI=1S/C27H27N3O7/c1-12-19(26(33)37-6)20-22(29(12)2)16(31)9-18-27(20)10-14(27)11-30(18)25(32)15-7-13-8-17(34-3)23(35-4)24(36-5)21(13)28-15/h7-9,14,28H,10-11H2,1-6H3/t14-,27+/m1/s1. The van der Waals surface area contributed by atoms with Crippen LogP contribution in [0.3, 0.4) is 0 Å². The van der Waals surface area contributed by atoms with Crippen LogP contribution in [0, 0.1) is 12.8 Å². The van der Waals surface area contributed by atoms with Crippen molar-refractivity contribution in [2.45, 2.75) is 18.8 Å². The molecule has 0 unspecified atom stereocenters. The summed E-state index contributed by atoms with van der Waals surface area (Å²) in [5, 5.41) is 0.722. The first-order valence-electron chi connectivity index (χ1n) is 11.9. The number of H-pyrrole nitrogens is 1. The number of ketones is 1. The summed E-state index contributed by atoms with van der Waals surface area (Å²) in [6.45, 7) is 2.26. The van der Waals surface area contributed by atoms with Crippen molar-refractivity contribution in [2.24, 2.45) is 13.0 Å². The van der Waals surface area contributed by atoms with Crippen LogP contribution >= 0.6 is 0 Å². The number of hydrogen-bond donors (Lipinski definition) is 1. The molecule has 6 rings (SSSR count). The van der Waals surface area contributed by atoms with Crippen molar-refractivity contribution in [1.29, 1.82) is 0 Å². The lowest BCUT2D eigenvalue weighted by Crippen LogP contribution is -2.34. The van der Waals surface area contributed by atoms with E-state index in [-0.39, 0.29) is 17.6 Å². The number of benzene rings is 1. The van der Waals surface area contributed by atoms with Gasteiger partial charge in [0.15, 0.2) is 11.5 Å². The molecular formula is C27H27N3O7. The summed E-state index contributed by atoms with van der Waals surface area (Å²) >= 11 is 0. The first kappa shape index (κ1) is 23.2. The van der Waals surface area contributed by atoms with E-state index in [1.165, 1.54) is 28.4 Å². The second-order valence-corrected chi connectivity index (χ2v) is 9.71. The van der Waals surface area contributed by atoms with Crippen LogP contribution in [0.5, 0.6) is 17.2 Å². The number of nitrogens with one attached hydrogen (secondary N) is 1. The fourth-order valence-electron chi connectivity index (χ4n) is 6.33. The Morgan fingerprint density at radius 1 is 1.08 bits per heavy atom. The number of ether oxygens (including phenoxy) is 4. The zero-order valence-electron chi connectivity index (χ0n) is 21.5. The lowest BCUT2D eigenvalue weighted by atomic mass is 9.82. The van der Waals surface area contributed by atoms with Gasteiger partial charge < -0.3 is 33.4 Å². The Hall–Kier alpha value is -4.21. The molecule has 1 saturated heterocycles. The number of esters is 1. The number of fused-ring (bicyclic) bond motifs is 2. The Bertz CT molecular complexity index is 1580.